The smallest absolute Gasteiger partial charge is 0.407 e. The maximum Gasteiger partial charge on any atom is 0.407 e. The number of halogens is 1. The fraction of sp³-hybridized carbons (Fsp3) is 0.846. The van der Waals surface area contributed by atoms with Gasteiger partial charge in [-0.2, -0.15) is 0 Å². The Morgan fingerprint density at radius 1 is 1.37 bits per heavy atom. The van der Waals surface area contributed by atoms with Gasteiger partial charge in [0, 0.05) is 12.5 Å². The highest BCUT2D eigenvalue weighted by molar-refractivity contribution is 6.65. The first-order valence-electron chi connectivity index (χ1n) is 6.66. The average molecular weight is 291 g/mol. The Morgan fingerprint density at radius 3 is 2.42 bits per heavy atom. The normalized spacial score (nSPS) is 24.9. The predicted octanol–water partition coefficient (Wildman–Crippen LogP) is 3.49. The molecule has 5 nitrogen and oxygen atoms in total. The molecule has 2 N–H and O–H groups in total. The Kier molecular flexibility index (Phi) is 5.91. The monoisotopic (exact) mass is 290 g/mol. The summed E-state index contributed by atoms with van der Waals surface area (Å²) in [4.78, 5) is 11.6. The molecule has 1 amide bonds. The molecular formula is C13H23ClN2O3. The number of amides is 1. The van der Waals surface area contributed by atoms with Crippen molar-refractivity contribution in [1.82, 2.24) is 5.32 Å². The number of ether oxygens (including phenoxy) is 1. The maximum absolute atomic E-state index is 11.6. The number of carbonyl (C=O) groups is 1. The topological polar surface area (TPSA) is 70.9 Å². The van der Waals surface area contributed by atoms with Crippen LogP contribution < -0.4 is 5.32 Å². The maximum atomic E-state index is 11.6. The minimum atomic E-state index is -0.466. The highest BCUT2D eigenvalue weighted by Gasteiger charge is 2.25. The first-order valence-corrected chi connectivity index (χ1v) is 7.04. The van der Waals surface area contributed by atoms with Gasteiger partial charge in [-0.3, -0.25) is 0 Å². The molecule has 110 valence electrons. The summed E-state index contributed by atoms with van der Waals surface area (Å²) in [6.07, 6.45) is 3.99. The molecule has 0 atom stereocenters. The molecule has 0 spiro atoms. The Morgan fingerprint density at radius 2 is 1.95 bits per heavy atom. The van der Waals surface area contributed by atoms with Crippen LogP contribution in [0.1, 0.15) is 52.9 Å². The van der Waals surface area contributed by atoms with Gasteiger partial charge in [-0.25, -0.2) is 4.79 Å². The summed E-state index contributed by atoms with van der Waals surface area (Å²) in [5.74, 6) is 0.431. The summed E-state index contributed by atoms with van der Waals surface area (Å²) < 4.78 is 5.23. The van der Waals surface area contributed by atoms with E-state index >= 15 is 0 Å². The highest BCUT2D eigenvalue weighted by Crippen LogP contribution is 2.28. The lowest BCUT2D eigenvalue weighted by molar-refractivity contribution is 0.0487. The van der Waals surface area contributed by atoms with Gasteiger partial charge in [-0.15, -0.1) is 0 Å². The van der Waals surface area contributed by atoms with Crippen molar-refractivity contribution in [1.29, 1.82) is 0 Å². The number of oxime groups is 1. The zero-order chi connectivity index (χ0) is 14.5. The number of rotatable bonds is 3. The van der Waals surface area contributed by atoms with Gasteiger partial charge in [0.05, 0.1) is 0 Å². The van der Waals surface area contributed by atoms with Gasteiger partial charge in [-0.05, 0) is 52.4 Å². The summed E-state index contributed by atoms with van der Waals surface area (Å²) >= 11 is 5.70. The second kappa shape index (κ2) is 6.98. The van der Waals surface area contributed by atoms with Crippen LogP contribution in [0.15, 0.2) is 5.16 Å². The van der Waals surface area contributed by atoms with E-state index in [0.29, 0.717) is 12.3 Å². The molecule has 1 rings (SSSR count). The number of hydrogen-bond acceptors (Lipinski definition) is 4. The lowest BCUT2D eigenvalue weighted by Crippen LogP contribution is -2.41. The number of nitrogens with zero attached hydrogens (tertiary/aromatic N) is 1. The van der Waals surface area contributed by atoms with Crippen molar-refractivity contribution < 1.29 is 14.7 Å². The quantitative estimate of drug-likeness (QED) is 0.475. The van der Waals surface area contributed by atoms with Crippen LogP contribution in [-0.2, 0) is 4.74 Å². The first-order chi connectivity index (χ1) is 8.80. The predicted molar refractivity (Wildman–Crippen MR) is 74.8 cm³/mol. The van der Waals surface area contributed by atoms with Crippen LogP contribution in [0.25, 0.3) is 0 Å². The molecule has 1 saturated carbocycles. The lowest BCUT2D eigenvalue weighted by Gasteiger charge is -2.29. The standard InChI is InChI=1S/C13H23ClN2O3/c1-13(2,3)19-12(17)15-10-6-4-9(5-7-10)8-11(14)16-18/h9-10,18H,4-8H2,1-3H3,(H,15,17). The summed E-state index contributed by atoms with van der Waals surface area (Å²) in [5.41, 5.74) is -0.466. The van der Waals surface area contributed by atoms with Crippen molar-refractivity contribution in [3.63, 3.8) is 0 Å². The van der Waals surface area contributed by atoms with Crippen LogP contribution in [0.4, 0.5) is 4.79 Å². The summed E-state index contributed by atoms with van der Waals surface area (Å²) in [6, 6.07) is 0.163. The van der Waals surface area contributed by atoms with Crippen LogP contribution in [0.2, 0.25) is 0 Å². The van der Waals surface area contributed by atoms with Gasteiger partial charge in [-0.1, -0.05) is 16.8 Å². The van der Waals surface area contributed by atoms with E-state index in [1.54, 1.807) is 0 Å². The largest absolute Gasteiger partial charge is 0.444 e. The SMILES string of the molecule is CC(C)(C)OC(=O)NC1CCC(CC(Cl)=NO)CC1. The average Bonchev–Trinajstić information content (AvgIpc) is 2.29. The molecule has 19 heavy (non-hydrogen) atoms. The molecule has 0 aromatic carbocycles. The molecule has 0 aromatic heterocycles. The minimum absolute atomic E-state index is 0.163. The van der Waals surface area contributed by atoms with E-state index < -0.39 is 5.60 Å². The van der Waals surface area contributed by atoms with Crippen LogP contribution >= 0.6 is 11.6 Å². The van der Waals surface area contributed by atoms with E-state index in [9.17, 15) is 4.79 Å². The molecule has 0 saturated heterocycles. The summed E-state index contributed by atoms with van der Waals surface area (Å²) in [6.45, 7) is 5.54. The molecule has 0 aliphatic heterocycles. The van der Waals surface area contributed by atoms with Crippen molar-refractivity contribution in [2.24, 2.45) is 11.1 Å². The van der Waals surface area contributed by atoms with Crippen molar-refractivity contribution in [2.45, 2.75) is 64.5 Å². The minimum Gasteiger partial charge on any atom is -0.444 e. The summed E-state index contributed by atoms with van der Waals surface area (Å²) in [7, 11) is 0. The van der Waals surface area contributed by atoms with Crippen LogP contribution in [0.5, 0.6) is 0 Å². The number of hydrogen-bond donors (Lipinski definition) is 2. The molecule has 0 heterocycles. The molecule has 0 bridgehead atoms. The van der Waals surface area contributed by atoms with E-state index in [0.717, 1.165) is 25.7 Å². The molecule has 0 unspecified atom stereocenters. The van der Waals surface area contributed by atoms with Crippen LogP contribution in [0, 0.1) is 5.92 Å². The molecule has 1 aliphatic rings. The van der Waals surface area contributed by atoms with Gasteiger partial charge >= 0.3 is 6.09 Å². The molecule has 0 radical (unpaired) electrons. The highest BCUT2D eigenvalue weighted by atomic mass is 35.5. The fourth-order valence-corrected chi connectivity index (χ4v) is 2.48. The van der Waals surface area contributed by atoms with Crippen molar-refractivity contribution in [3.05, 3.63) is 0 Å². The number of nitrogens with one attached hydrogen (secondary N) is 1. The van der Waals surface area contributed by atoms with Gasteiger partial charge in [0.15, 0.2) is 0 Å². The van der Waals surface area contributed by atoms with Gasteiger partial charge in [0.1, 0.15) is 10.8 Å². The molecule has 1 fully saturated rings. The third-order valence-corrected chi connectivity index (χ3v) is 3.36. The molecule has 6 heteroatoms. The Bertz CT molecular complexity index is 331. The second-order valence-electron chi connectivity index (χ2n) is 6.04. The molecule has 0 aromatic rings. The molecular weight excluding hydrogens is 268 g/mol. The first kappa shape index (κ1) is 16.1. The Hall–Kier alpha value is -0.970. The van der Waals surface area contributed by atoms with Crippen molar-refractivity contribution in [3.8, 4) is 0 Å². The van der Waals surface area contributed by atoms with Gasteiger partial charge in [0.25, 0.3) is 0 Å². The van der Waals surface area contributed by atoms with E-state index in [1.807, 2.05) is 20.8 Å². The lowest BCUT2D eigenvalue weighted by atomic mass is 9.84. The zero-order valence-electron chi connectivity index (χ0n) is 11.8. The third-order valence-electron chi connectivity index (χ3n) is 3.13. The van der Waals surface area contributed by atoms with E-state index in [4.69, 9.17) is 21.5 Å². The number of alkyl carbamates (subject to hydrolysis) is 1. The Balaban J connectivity index is 2.29. The van der Waals surface area contributed by atoms with Crippen molar-refractivity contribution in [2.75, 3.05) is 0 Å². The van der Waals surface area contributed by atoms with Crippen LogP contribution in [0.3, 0.4) is 0 Å². The van der Waals surface area contributed by atoms with E-state index in [-0.39, 0.29) is 17.3 Å². The van der Waals surface area contributed by atoms with Gasteiger partial charge in [0.2, 0.25) is 0 Å². The molecule has 1 aliphatic carbocycles. The van der Waals surface area contributed by atoms with E-state index in [1.165, 1.54) is 0 Å². The third kappa shape index (κ3) is 6.66. The van der Waals surface area contributed by atoms with Crippen molar-refractivity contribution >= 4 is 22.9 Å². The zero-order valence-corrected chi connectivity index (χ0v) is 12.5. The van der Waals surface area contributed by atoms with E-state index in [2.05, 4.69) is 10.5 Å². The number of carbonyl (C=O) groups excluding carboxylic acids is 1. The fourth-order valence-electron chi connectivity index (χ4n) is 2.26. The summed E-state index contributed by atoms with van der Waals surface area (Å²) in [5, 5.41) is 14.7. The van der Waals surface area contributed by atoms with Gasteiger partial charge < -0.3 is 15.3 Å². The Labute approximate surface area is 119 Å². The second-order valence-corrected chi connectivity index (χ2v) is 6.48. The van der Waals surface area contributed by atoms with Crippen LogP contribution in [-0.4, -0.2) is 28.1 Å².